The fourth-order valence-corrected chi connectivity index (χ4v) is 4.17. The molecule has 4 rings (SSSR count). The van der Waals surface area contributed by atoms with E-state index >= 15 is 0 Å². The number of esters is 1. The Morgan fingerprint density at radius 2 is 1.70 bits per heavy atom. The van der Waals surface area contributed by atoms with Crippen molar-refractivity contribution in [2.45, 2.75) is 32.6 Å². The Hall–Kier alpha value is -3.04. The van der Waals surface area contributed by atoms with Crippen molar-refractivity contribution >= 4 is 17.7 Å². The molecule has 30 heavy (non-hydrogen) atoms. The molecule has 0 atom stereocenters. The van der Waals surface area contributed by atoms with Crippen LogP contribution in [0.15, 0.2) is 25.0 Å². The molecule has 160 valence electrons. The predicted octanol–water partition coefficient (Wildman–Crippen LogP) is 1.08. The monoisotopic (exact) mass is 413 g/mol. The third-order valence-electron chi connectivity index (χ3n) is 5.89. The summed E-state index contributed by atoms with van der Waals surface area (Å²) in [5.74, 6) is 1.53. The first-order valence-corrected chi connectivity index (χ1v) is 10.5. The molecular formula is C20H27N7O3. The number of aromatic nitrogens is 5. The minimum atomic E-state index is -0.131. The van der Waals surface area contributed by atoms with E-state index in [0.29, 0.717) is 38.4 Å². The van der Waals surface area contributed by atoms with E-state index in [1.165, 1.54) is 12.7 Å². The first-order chi connectivity index (χ1) is 14.7. The Morgan fingerprint density at radius 1 is 1.00 bits per heavy atom. The Labute approximate surface area is 175 Å². The van der Waals surface area contributed by atoms with Gasteiger partial charge in [0, 0.05) is 38.2 Å². The van der Waals surface area contributed by atoms with E-state index in [0.717, 1.165) is 31.7 Å². The molecule has 0 bridgehead atoms. The van der Waals surface area contributed by atoms with E-state index in [1.807, 2.05) is 17.9 Å². The minimum absolute atomic E-state index is 0.0250. The number of carbonyl (C=O) groups is 2. The molecule has 10 nitrogen and oxygen atoms in total. The van der Waals surface area contributed by atoms with E-state index in [1.54, 1.807) is 11.0 Å². The van der Waals surface area contributed by atoms with Gasteiger partial charge in [-0.2, -0.15) is 5.10 Å². The van der Waals surface area contributed by atoms with Crippen molar-refractivity contribution in [3.8, 4) is 5.82 Å². The van der Waals surface area contributed by atoms with Gasteiger partial charge in [0.15, 0.2) is 5.82 Å². The zero-order valence-corrected chi connectivity index (χ0v) is 17.2. The minimum Gasteiger partial charge on any atom is -0.466 e. The molecule has 2 saturated heterocycles. The number of amides is 1. The molecule has 0 unspecified atom stereocenters. The molecular weight excluding hydrogens is 386 g/mol. The van der Waals surface area contributed by atoms with Gasteiger partial charge < -0.3 is 14.5 Å². The van der Waals surface area contributed by atoms with Crippen molar-refractivity contribution in [1.82, 2.24) is 29.6 Å². The molecule has 2 aromatic rings. The van der Waals surface area contributed by atoms with Gasteiger partial charge in [-0.25, -0.2) is 19.6 Å². The number of rotatable bonds is 5. The normalized spacial score (nSPS) is 18.4. The molecule has 2 aromatic heterocycles. The van der Waals surface area contributed by atoms with Gasteiger partial charge in [0.2, 0.25) is 5.91 Å². The summed E-state index contributed by atoms with van der Waals surface area (Å²) >= 11 is 0. The number of likely N-dealkylation sites (tertiary alicyclic amines) is 1. The van der Waals surface area contributed by atoms with Crippen LogP contribution in [0.3, 0.4) is 0 Å². The number of hydrogen-bond acceptors (Lipinski definition) is 8. The van der Waals surface area contributed by atoms with Crippen LogP contribution >= 0.6 is 0 Å². The highest BCUT2D eigenvalue weighted by Crippen LogP contribution is 2.26. The molecule has 1 amide bonds. The van der Waals surface area contributed by atoms with Crippen molar-refractivity contribution in [2.24, 2.45) is 11.8 Å². The van der Waals surface area contributed by atoms with E-state index < -0.39 is 0 Å². The van der Waals surface area contributed by atoms with E-state index in [4.69, 9.17) is 4.74 Å². The smallest absolute Gasteiger partial charge is 0.309 e. The van der Waals surface area contributed by atoms with Gasteiger partial charge in [0.1, 0.15) is 24.8 Å². The lowest BCUT2D eigenvalue weighted by Crippen LogP contribution is -2.46. The summed E-state index contributed by atoms with van der Waals surface area (Å²) < 4.78 is 6.71. The average molecular weight is 413 g/mol. The predicted molar refractivity (Wildman–Crippen MR) is 108 cm³/mol. The Kier molecular flexibility index (Phi) is 6.20. The topological polar surface area (TPSA) is 106 Å². The molecule has 0 aliphatic carbocycles. The second-order valence-corrected chi connectivity index (χ2v) is 7.69. The summed E-state index contributed by atoms with van der Waals surface area (Å²) in [6.45, 7) is 5.03. The molecule has 2 aliphatic heterocycles. The highest BCUT2D eigenvalue weighted by molar-refractivity contribution is 5.80. The van der Waals surface area contributed by atoms with E-state index in [9.17, 15) is 9.59 Å². The van der Waals surface area contributed by atoms with E-state index in [-0.39, 0.29) is 23.7 Å². The molecule has 10 heteroatoms. The number of carbonyl (C=O) groups excluding carboxylic acids is 2. The first kappa shape index (κ1) is 20.2. The molecule has 0 spiro atoms. The highest BCUT2D eigenvalue weighted by Gasteiger charge is 2.33. The second-order valence-electron chi connectivity index (χ2n) is 7.69. The molecule has 0 radical (unpaired) electrons. The maximum Gasteiger partial charge on any atom is 0.309 e. The van der Waals surface area contributed by atoms with Crippen LogP contribution in [0.25, 0.3) is 5.82 Å². The standard InChI is InChI=1S/C20H27N7O3/c1-2-30-20(29)16-5-9-26(10-6-16)19(28)15-3-7-25(8-4-15)17-11-18(23-13-22-17)27-14-21-12-24-27/h11-16H,2-10H2,1H3. The van der Waals surface area contributed by atoms with Gasteiger partial charge in [0.05, 0.1) is 12.5 Å². The third kappa shape index (κ3) is 4.42. The number of hydrogen-bond donors (Lipinski definition) is 0. The van der Waals surface area contributed by atoms with Crippen LogP contribution < -0.4 is 4.90 Å². The Bertz CT molecular complexity index is 857. The lowest BCUT2D eigenvalue weighted by molar-refractivity contribution is -0.151. The van der Waals surface area contributed by atoms with Crippen LogP contribution in [0.4, 0.5) is 5.82 Å². The molecule has 2 aliphatic rings. The summed E-state index contributed by atoms with van der Waals surface area (Å²) in [5.41, 5.74) is 0. The first-order valence-electron chi connectivity index (χ1n) is 10.5. The fraction of sp³-hybridized carbons (Fsp3) is 0.600. The quantitative estimate of drug-likeness (QED) is 0.670. The van der Waals surface area contributed by atoms with Crippen LogP contribution in [0.1, 0.15) is 32.6 Å². The zero-order valence-electron chi connectivity index (χ0n) is 17.2. The maximum atomic E-state index is 13.0. The van der Waals surface area contributed by atoms with Crippen molar-refractivity contribution in [3.05, 3.63) is 25.0 Å². The van der Waals surface area contributed by atoms with Crippen LogP contribution in [0, 0.1) is 11.8 Å². The van der Waals surface area contributed by atoms with Crippen molar-refractivity contribution in [3.63, 3.8) is 0 Å². The molecule has 2 fully saturated rings. The molecule has 0 N–H and O–H groups in total. The van der Waals surface area contributed by atoms with Crippen LogP contribution in [0.2, 0.25) is 0 Å². The van der Waals surface area contributed by atoms with Crippen LogP contribution in [-0.4, -0.2) is 74.3 Å². The summed E-state index contributed by atoms with van der Waals surface area (Å²) in [6, 6.07) is 1.89. The van der Waals surface area contributed by atoms with Crippen LogP contribution in [-0.2, 0) is 14.3 Å². The molecule has 0 aromatic carbocycles. The van der Waals surface area contributed by atoms with E-state index in [2.05, 4.69) is 25.0 Å². The van der Waals surface area contributed by atoms with Gasteiger partial charge in [-0.3, -0.25) is 9.59 Å². The fourth-order valence-electron chi connectivity index (χ4n) is 4.17. The van der Waals surface area contributed by atoms with Crippen LogP contribution in [0.5, 0.6) is 0 Å². The lowest BCUT2D eigenvalue weighted by atomic mass is 9.92. The number of ether oxygens (including phenoxy) is 1. The van der Waals surface area contributed by atoms with Gasteiger partial charge in [0.25, 0.3) is 0 Å². The largest absolute Gasteiger partial charge is 0.466 e. The molecule has 4 heterocycles. The van der Waals surface area contributed by atoms with Crippen molar-refractivity contribution in [1.29, 1.82) is 0 Å². The Balaban J connectivity index is 1.29. The third-order valence-corrected chi connectivity index (χ3v) is 5.89. The van der Waals surface area contributed by atoms with Gasteiger partial charge in [-0.15, -0.1) is 0 Å². The van der Waals surface area contributed by atoms with Gasteiger partial charge >= 0.3 is 5.97 Å². The maximum absolute atomic E-state index is 13.0. The highest BCUT2D eigenvalue weighted by atomic mass is 16.5. The SMILES string of the molecule is CCOC(=O)C1CCN(C(=O)C2CCN(c3cc(-n4cncn4)ncn3)CC2)CC1. The van der Waals surface area contributed by atoms with Gasteiger partial charge in [-0.05, 0) is 32.6 Å². The summed E-state index contributed by atoms with van der Waals surface area (Å²) in [7, 11) is 0. The second kappa shape index (κ2) is 9.19. The van der Waals surface area contributed by atoms with Gasteiger partial charge in [-0.1, -0.05) is 0 Å². The number of anilines is 1. The van der Waals surface area contributed by atoms with Crippen molar-refractivity contribution < 1.29 is 14.3 Å². The Morgan fingerprint density at radius 3 is 2.37 bits per heavy atom. The number of piperidine rings is 2. The lowest BCUT2D eigenvalue weighted by Gasteiger charge is -2.37. The summed E-state index contributed by atoms with van der Waals surface area (Å²) in [5, 5.41) is 4.10. The summed E-state index contributed by atoms with van der Waals surface area (Å²) in [4.78, 5) is 41.5. The molecule has 0 saturated carbocycles. The van der Waals surface area contributed by atoms with Crippen molar-refractivity contribution in [2.75, 3.05) is 37.7 Å². The zero-order chi connectivity index (χ0) is 20.9. The summed E-state index contributed by atoms with van der Waals surface area (Å²) in [6.07, 6.45) is 7.55. The number of nitrogens with zero attached hydrogens (tertiary/aromatic N) is 7. The average Bonchev–Trinajstić information content (AvgIpc) is 3.34.